The van der Waals surface area contributed by atoms with Crippen LogP contribution < -0.4 is 0 Å². The summed E-state index contributed by atoms with van der Waals surface area (Å²) >= 11 is 1.97. The molecule has 2 nitrogen and oxygen atoms in total. The molecule has 0 fully saturated rings. The molecule has 0 atom stereocenters. The van der Waals surface area contributed by atoms with Gasteiger partial charge in [-0.3, -0.25) is 0 Å². The molecule has 0 aliphatic carbocycles. The summed E-state index contributed by atoms with van der Waals surface area (Å²) < 4.78 is 1.47. The molecule has 0 spiro atoms. The van der Waals surface area contributed by atoms with Crippen LogP contribution in [0.1, 0.15) is 172 Å². The topological polar surface area (TPSA) is 25.3 Å². The Labute approximate surface area is 291 Å². The summed E-state index contributed by atoms with van der Waals surface area (Å²) in [5.74, 6) is 0. The fourth-order valence-corrected chi connectivity index (χ4v) is 7.22. The first kappa shape index (κ1) is 40.2. The number of hydrogen-bond donors (Lipinski definition) is 0. The van der Waals surface area contributed by atoms with Crippen LogP contribution in [0.25, 0.3) is 16.9 Å². The molecule has 0 amide bonds. The fraction of sp³-hybridized carbons (Fsp3) is 0.628. The van der Waals surface area contributed by atoms with Gasteiger partial charge in [0.25, 0.3) is 0 Å². The summed E-state index contributed by atoms with van der Waals surface area (Å²) in [5, 5.41) is 2.81. The Morgan fingerprint density at radius 3 is 1.52 bits per heavy atom. The van der Waals surface area contributed by atoms with Gasteiger partial charge in [-0.25, -0.2) is 4.70 Å². The Kier molecular flexibility index (Phi) is 22.7. The van der Waals surface area contributed by atoms with E-state index in [9.17, 15) is 5.53 Å². The zero-order valence-corrected chi connectivity index (χ0v) is 31.5. The van der Waals surface area contributed by atoms with Gasteiger partial charge in [0.1, 0.15) is 0 Å². The Morgan fingerprint density at radius 2 is 0.978 bits per heavy atom. The molecule has 2 aromatic rings. The van der Waals surface area contributed by atoms with Crippen LogP contribution >= 0.6 is 0 Å². The average molecular weight is 672 g/mol. The van der Waals surface area contributed by atoms with Gasteiger partial charge in [0.2, 0.25) is 11.4 Å². The predicted molar refractivity (Wildman–Crippen MR) is 200 cm³/mol. The second kappa shape index (κ2) is 26.0. The van der Waals surface area contributed by atoms with Crippen molar-refractivity contribution in [1.29, 1.82) is 0 Å². The van der Waals surface area contributed by atoms with Crippen molar-refractivity contribution in [1.82, 2.24) is 0 Å². The van der Waals surface area contributed by atoms with Gasteiger partial charge in [-0.15, -0.1) is 0 Å². The van der Waals surface area contributed by atoms with E-state index in [0.717, 1.165) is 48.2 Å². The van der Waals surface area contributed by atoms with E-state index in [1.165, 1.54) is 135 Å². The van der Waals surface area contributed by atoms with Gasteiger partial charge < -0.3 is 5.53 Å². The molecular formula is C43H68N2Ni. The molecule has 1 aliphatic rings. The van der Waals surface area contributed by atoms with Crippen molar-refractivity contribution in [2.45, 2.75) is 174 Å². The number of benzene rings is 2. The molecule has 260 valence electrons. The summed E-state index contributed by atoms with van der Waals surface area (Å²) in [7, 11) is 0. The quantitative estimate of drug-likeness (QED) is 0.0603. The van der Waals surface area contributed by atoms with Crippen molar-refractivity contribution in [3.05, 3.63) is 88.0 Å². The summed E-state index contributed by atoms with van der Waals surface area (Å²) in [6.45, 7) is 11.3. The van der Waals surface area contributed by atoms with Gasteiger partial charge in [-0.05, 0) is 73.9 Å². The third-order valence-electron chi connectivity index (χ3n) is 8.82. The molecule has 0 N–H and O–H groups in total. The summed E-state index contributed by atoms with van der Waals surface area (Å²) in [6.07, 6.45) is 27.6. The predicted octanol–water partition coefficient (Wildman–Crippen LogP) is 14.6. The summed E-state index contributed by atoms with van der Waals surface area (Å²) in [5.41, 5.74) is 19.6. The first-order valence-corrected chi connectivity index (χ1v) is 20.6. The van der Waals surface area contributed by atoms with Gasteiger partial charge in [0.15, 0.2) is 0 Å². The molecule has 3 rings (SSSR count). The van der Waals surface area contributed by atoms with Crippen molar-refractivity contribution in [3.8, 4) is 0 Å². The van der Waals surface area contributed by atoms with E-state index in [2.05, 4.69) is 89.2 Å². The van der Waals surface area contributed by atoms with Gasteiger partial charge in [0.05, 0.1) is 0 Å². The van der Waals surface area contributed by atoms with E-state index in [1.807, 2.05) is 14.4 Å². The minimum atomic E-state index is 0.912. The molecule has 1 aliphatic heterocycles. The zero-order valence-electron chi connectivity index (χ0n) is 30.5. The molecule has 0 bridgehead atoms. The molecule has 1 heterocycles. The maximum atomic E-state index is 11.5. The van der Waals surface area contributed by atoms with Crippen LogP contribution in [0.4, 0.5) is 0 Å². The molecule has 0 aromatic heterocycles. The molecule has 0 radical (unpaired) electrons. The van der Waals surface area contributed by atoms with Crippen LogP contribution in [0.2, 0.25) is 10.8 Å². The van der Waals surface area contributed by atoms with Crippen LogP contribution in [0.3, 0.4) is 0 Å². The first-order chi connectivity index (χ1) is 22.6. The van der Waals surface area contributed by atoms with Crippen LogP contribution in [0, 0.1) is 0 Å². The Balaban J connectivity index is 0.000000572. The normalized spacial score (nSPS) is 12.9. The number of unbranched alkanes of at least 4 members (excludes halogenated alkanes) is 12. The monoisotopic (exact) mass is 670 g/mol. The minimum absolute atomic E-state index is 0.912. The van der Waals surface area contributed by atoms with Crippen molar-refractivity contribution in [3.63, 3.8) is 0 Å². The standard InChI is InChI=1S/C33H46N2.2C5H11.Ni/c1-4-7-10-13-17-27-19-15-22-29(24-27)32-26-31(21-12-9-6-3)33(35(32)34)30-23-16-20-28(25-30)18-14-11-8-5-2;2*1-3-5-4-2;/h15-16,19-20,22-26H,4-14,17-18,21H2,1-3H3;2*1,3-5H2,2H3;. The SMILES string of the molecule is CCCCCCc1cccc(C2=CC(CCCCC)=C(c3cccc(CCCCCC)c3)[N+]2=[N-])c1.CCCC[CH2][Ni][CH2]CCCC. The van der Waals surface area contributed by atoms with Gasteiger partial charge in [-0.2, -0.15) is 0 Å². The van der Waals surface area contributed by atoms with E-state index in [-0.39, 0.29) is 0 Å². The van der Waals surface area contributed by atoms with E-state index in [0.29, 0.717) is 0 Å². The molecule has 0 unspecified atom stereocenters. The fourth-order valence-electron chi connectivity index (χ4n) is 5.99. The average Bonchev–Trinajstić information content (AvgIpc) is 3.41. The van der Waals surface area contributed by atoms with E-state index in [4.69, 9.17) is 0 Å². The number of aryl methyl sites for hydroxylation is 2. The summed E-state index contributed by atoms with van der Waals surface area (Å²) in [4.78, 5) is 0. The first-order valence-electron chi connectivity index (χ1n) is 19.2. The third kappa shape index (κ3) is 15.7. The second-order valence-electron chi connectivity index (χ2n) is 13.1. The maximum absolute atomic E-state index is 11.5. The van der Waals surface area contributed by atoms with E-state index >= 15 is 0 Å². The summed E-state index contributed by atoms with van der Waals surface area (Å²) in [6, 6.07) is 17.6. The second-order valence-corrected chi connectivity index (χ2v) is 14.6. The zero-order chi connectivity index (χ0) is 33.2. The molecule has 0 saturated heterocycles. The molecule has 0 saturated carbocycles. The molecule has 2 aromatic carbocycles. The third-order valence-corrected chi connectivity index (χ3v) is 10.2. The van der Waals surface area contributed by atoms with E-state index in [1.54, 1.807) is 0 Å². The van der Waals surface area contributed by atoms with Crippen LogP contribution in [0.15, 0.2) is 60.2 Å². The van der Waals surface area contributed by atoms with Crippen molar-refractivity contribution in [2.24, 2.45) is 0 Å². The van der Waals surface area contributed by atoms with Gasteiger partial charge in [0, 0.05) is 22.8 Å². The van der Waals surface area contributed by atoms with Crippen molar-refractivity contribution >= 4 is 11.4 Å². The van der Waals surface area contributed by atoms with Crippen LogP contribution in [0.5, 0.6) is 0 Å². The van der Waals surface area contributed by atoms with Crippen LogP contribution in [-0.4, -0.2) is 4.70 Å². The Hall–Kier alpha value is -1.99. The molecule has 3 heteroatoms. The molecule has 46 heavy (non-hydrogen) atoms. The van der Waals surface area contributed by atoms with Crippen LogP contribution in [-0.2, 0) is 27.3 Å². The number of rotatable bonds is 24. The number of nitrogens with zero attached hydrogens (tertiary/aromatic N) is 2. The number of allylic oxidation sites excluding steroid dienone is 2. The Morgan fingerprint density at radius 1 is 0.522 bits per heavy atom. The Bertz CT molecular complexity index is 1150. The van der Waals surface area contributed by atoms with Crippen molar-refractivity contribution < 1.29 is 19.1 Å². The number of hydrogen-bond acceptors (Lipinski definition) is 0. The van der Waals surface area contributed by atoms with E-state index < -0.39 is 0 Å². The van der Waals surface area contributed by atoms with Gasteiger partial charge in [-0.1, -0.05) is 96.4 Å². The van der Waals surface area contributed by atoms with Gasteiger partial charge >= 0.3 is 77.6 Å². The van der Waals surface area contributed by atoms with Crippen molar-refractivity contribution in [2.75, 3.05) is 0 Å². The molecular weight excluding hydrogens is 603 g/mol.